The fraction of sp³-hybridized carbons (Fsp3) is 0.467. The van der Waals surface area contributed by atoms with Crippen molar-refractivity contribution in [3.63, 3.8) is 0 Å². The van der Waals surface area contributed by atoms with Crippen molar-refractivity contribution in [1.82, 2.24) is 5.32 Å². The van der Waals surface area contributed by atoms with Crippen molar-refractivity contribution in [2.24, 2.45) is 0 Å². The molecule has 1 saturated heterocycles. The van der Waals surface area contributed by atoms with Crippen molar-refractivity contribution >= 4 is 11.9 Å². The molecule has 0 saturated carbocycles. The zero-order valence-corrected chi connectivity index (χ0v) is 11.5. The Morgan fingerprint density at radius 2 is 2.00 bits per heavy atom. The predicted molar refractivity (Wildman–Crippen MR) is 71.8 cm³/mol. The summed E-state index contributed by atoms with van der Waals surface area (Å²) in [6, 6.07) is 5.44. The number of esters is 1. The Morgan fingerprint density at radius 1 is 1.37 bits per heavy atom. The molecular formula is C15H19NO3. The standard InChI is InChI=1S/C15H19NO3/c1-4-19-15(18)14-11(8-12(17)16-14)13-9(2)6-5-7-10(13)3/h5-7,11,14H,4,8H2,1-3H3,(H,16,17). The molecule has 1 aliphatic rings. The molecule has 0 aliphatic carbocycles. The van der Waals surface area contributed by atoms with Gasteiger partial charge in [-0.25, -0.2) is 4.79 Å². The lowest BCUT2D eigenvalue weighted by Crippen LogP contribution is -2.38. The van der Waals surface area contributed by atoms with E-state index >= 15 is 0 Å². The maximum atomic E-state index is 12.0. The van der Waals surface area contributed by atoms with E-state index in [0.29, 0.717) is 13.0 Å². The van der Waals surface area contributed by atoms with E-state index in [9.17, 15) is 9.59 Å². The maximum Gasteiger partial charge on any atom is 0.329 e. The van der Waals surface area contributed by atoms with E-state index in [1.807, 2.05) is 32.0 Å². The zero-order chi connectivity index (χ0) is 14.0. The molecule has 1 aromatic rings. The first-order valence-electron chi connectivity index (χ1n) is 6.56. The monoisotopic (exact) mass is 261 g/mol. The van der Waals surface area contributed by atoms with Gasteiger partial charge in [-0.3, -0.25) is 4.79 Å². The number of aryl methyl sites for hydroxylation is 2. The highest BCUT2D eigenvalue weighted by Crippen LogP contribution is 2.33. The molecule has 1 heterocycles. The molecule has 19 heavy (non-hydrogen) atoms. The number of amides is 1. The normalized spacial score (nSPS) is 22.2. The maximum absolute atomic E-state index is 12.0. The number of hydrogen-bond acceptors (Lipinski definition) is 3. The van der Waals surface area contributed by atoms with E-state index in [4.69, 9.17) is 4.74 Å². The Balaban J connectivity index is 2.36. The predicted octanol–water partition coefficient (Wildman–Crippen LogP) is 1.84. The second kappa shape index (κ2) is 5.43. The Bertz CT molecular complexity index is 490. The molecule has 2 atom stereocenters. The van der Waals surface area contributed by atoms with Crippen LogP contribution in [0.15, 0.2) is 18.2 Å². The number of nitrogens with one attached hydrogen (secondary N) is 1. The molecule has 2 unspecified atom stereocenters. The van der Waals surface area contributed by atoms with Crippen LogP contribution in [0.5, 0.6) is 0 Å². The smallest absolute Gasteiger partial charge is 0.329 e. The van der Waals surface area contributed by atoms with E-state index in [1.54, 1.807) is 6.92 Å². The summed E-state index contributed by atoms with van der Waals surface area (Å²) in [5.74, 6) is -0.570. The van der Waals surface area contributed by atoms with Gasteiger partial charge < -0.3 is 10.1 Å². The van der Waals surface area contributed by atoms with Crippen molar-refractivity contribution in [2.75, 3.05) is 6.61 Å². The summed E-state index contributed by atoms with van der Waals surface area (Å²) in [6.07, 6.45) is 0.342. The van der Waals surface area contributed by atoms with Crippen LogP contribution < -0.4 is 5.32 Å². The lowest BCUT2D eigenvalue weighted by atomic mass is 9.86. The van der Waals surface area contributed by atoms with E-state index < -0.39 is 6.04 Å². The average Bonchev–Trinajstić information content (AvgIpc) is 2.71. The minimum absolute atomic E-state index is 0.0919. The van der Waals surface area contributed by atoms with Gasteiger partial charge >= 0.3 is 5.97 Å². The summed E-state index contributed by atoms with van der Waals surface area (Å²) >= 11 is 0. The van der Waals surface area contributed by atoms with Crippen LogP contribution in [0.1, 0.15) is 36.0 Å². The fourth-order valence-corrected chi connectivity index (χ4v) is 2.79. The Hall–Kier alpha value is -1.84. The molecule has 0 aromatic heterocycles. The SMILES string of the molecule is CCOC(=O)C1NC(=O)CC1c1c(C)cccc1C. The van der Waals surface area contributed by atoms with Gasteiger partial charge in [0.1, 0.15) is 6.04 Å². The quantitative estimate of drug-likeness (QED) is 0.845. The van der Waals surface area contributed by atoms with Crippen LogP contribution in [0.2, 0.25) is 0 Å². The minimum atomic E-state index is -0.563. The van der Waals surface area contributed by atoms with E-state index in [2.05, 4.69) is 5.32 Å². The zero-order valence-electron chi connectivity index (χ0n) is 11.5. The van der Waals surface area contributed by atoms with Crippen molar-refractivity contribution in [3.8, 4) is 0 Å². The van der Waals surface area contributed by atoms with Crippen LogP contribution in [0.4, 0.5) is 0 Å². The second-order valence-electron chi connectivity index (χ2n) is 4.91. The van der Waals surface area contributed by atoms with Crippen LogP contribution in [-0.2, 0) is 14.3 Å². The second-order valence-corrected chi connectivity index (χ2v) is 4.91. The van der Waals surface area contributed by atoms with Crippen LogP contribution in [0.3, 0.4) is 0 Å². The fourth-order valence-electron chi connectivity index (χ4n) is 2.79. The third kappa shape index (κ3) is 2.62. The van der Waals surface area contributed by atoms with Gasteiger partial charge in [0.15, 0.2) is 0 Å². The summed E-state index contributed by atoms with van der Waals surface area (Å²) in [6.45, 7) is 6.11. The first-order chi connectivity index (χ1) is 9.04. The highest BCUT2D eigenvalue weighted by molar-refractivity contribution is 5.90. The summed E-state index contributed by atoms with van der Waals surface area (Å²) < 4.78 is 5.05. The van der Waals surface area contributed by atoms with Gasteiger partial charge in [-0.1, -0.05) is 18.2 Å². The molecule has 1 aromatic carbocycles. The number of rotatable bonds is 3. The molecule has 1 fully saturated rings. The molecule has 0 spiro atoms. The molecule has 0 bridgehead atoms. The molecule has 1 amide bonds. The summed E-state index contributed by atoms with van der Waals surface area (Å²) in [5, 5.41) is 2.73. The molecule has 4 heteroatoms. The summed E-state index contributed by atoms with van der Waals surface area (Å²) in [5.41, 5.74) is 3.30. The van der Waals surface area contributed by atoms with E-state index in [0.717, 1.165) is 16.7 Å². The lowest BCUT2D eigenvalue weighted by Gasteiger charge is -2.21. The van der Waals surface area contributed by atoms with Gasteiger partial charge in [-0.2, -0.15) is 0 Å². The Kier molecular flexibility index (Phi) is 3.88. The molecule has 0 radical (unpaired) electrons. The third-order valence-electron chi connectivity index (χ3n) is 3.58. The van der Waals surface area contributed by atoms with E-state index in [-0.39, 0.29) is 17.8 Å². The number of carbonyl (C=O) groups is 2. The number of ether oxygens (including phenoxy) is 1. The van der Waals surface area contributed by atoms with Gasteiger partial charge in [0, 0.05) is 12.3 Å². The number of hydrogen-bond donors (Lipinski definition) is 1. The van der Waals surface area contributed by atoms with Gasteiger partial charge in [0.05, 0.1) is 6.61 Å². The van der Waals surface area contributed by atoms with Crippen molar-refractivity contribution in [1.29, 1.82) is 0 Å². The first-order valence-corrected chi connectivity index (χ1v) is 6.56. The van der Waals surface area contributed by atoms with E-state index in [1.165, 1.54) is 0 Å². The van der Waals surface area contributed by atoms with Crippen LogP contribution in [-0.4, -0.2) is 24.5 Å². The van der Waals surface area contributed by atoms with Gasteiger partial charge in [0.2, 0.25) is 5.91 Å². The third-order valence-corrected chi connectivity index (χ3v) is 3.58. The largest absolute Gasteiger partial charge is 0.464 e. The van der Waals surface area contributed by atoms with Crippen molar-refractivity contribution < 1.29 is 14.3 Å². The number of carbonyl (C=O) groups excluding carboxylic acids is 2. The summed E-state index contributed by atoms with van der Waals surface area (Å²) in [4.78, 5) is 23.6. The van der Waals surface area contributed by atoms with Crippen molar-refractivity contribution in [3.05, 3.63) is 34.9 Å². The topological polar surface area (TPSA) is 55.4 Å². The molecular weight excluding hydrogens is 242 g/mol. The van der Waals surface area contributed by atoms with Gasteiger partial charge in [-0.05, 0) is 37.5 Å². The Morgan fingerprint density at radius 3 is 2.58 bits per heavy atom. The highest BCUT2D eigenvalue weighted by Gasteiger charge is 2.40. The number of benzene rings is 1. The average molecular weight is 261 g/mol. The van der Waals surface area contributed by atoms with Gasteiger partial charge in [0.25, 0.3) is 0 Å². The molecule has 102 valence electrons. The minimum Gasteiger partial charge on any atom is -0.464 e. The summed E-state index contributed by atoms with van der Waals surface area (Å²) in [7, 11) is 0. The molecule has 2 rings (SSSR count). The van der Waals surface area contributed by atoms with Crippen molar-refractivity contribution in [2.45, 2.75) is 39.2 Å². The Labute approximate surface area is 113 Å². The van der Waals surface area contributed by atoms with Gasteiger partial charge in [-0.15, -0.1) is 0 Å². The molecule has 1 N–H and O–H groups in total. The lowest BCUT2D eigenvalue weighted by molar-refractivity contribution is -0.146. The first kappa shape index (κ1) is 13.6. The van der Waals surface area contributed by atoms with Crippen LogP contribution in [0.25, 0.3) is 0 Å². The molecule has 4 nitrogen and oxygen atoms in total. The highest BCUT2D eigenvalue weighted by atomic mass is 16.5. The molecule has 1 aliphatic heterocycles. The van der Waals surface area contributed by atoms with Crippen LogP contribution >= 0.6 is 0 Å². The van der Waals surface area contributed by atoms with Crippen LogP contribution in [0, 0.1) is 13.8 Å².